The molecule has 0 aliphatic heterocycles. The lowest BCUT2D eigenvalue weighted by atomic mass is 10.2. The smallest absolute Gasteiger partial charge is 0.237 e. The molecule has 0 unspecified atom stereocenters. The van der Waals surface area contributed by atoms with Gasteiger partial charge in [0.25, 0.3) is 0 Å². The van der Waals surface area contributed by atoms with Crippen LogP contribution in [0.5, 0.6) is 0 Å². The lowest BCUT2D eigenvalue weighted by molar-refractivity contribution is -0.116. The monoisotopic (exact) mass is 353 g/mol. The first-order valence-electron chi connectivity index (χ1n) is 7.98. The average Bonchev–Trinajstić information content (AvgIpc) is 3.10. The summed E-state index contributed by atoms with van der Waals surface area (Å²) in [5.74, 6) is 0.975. The maximum Gasteiger partial charge on any atom is 0.237 e. The Kier molecular flexibility index (Phi) is 5.45. The minimum atomic E-state index is 0.0291. The van der Waals surface area contributed by atoms with E-state index in [1.54, 1.807) is 17.3 Å². The van der Waals surface area contributed by atoms with Gasteiger partial charge in [-0.15, -0.1) is 5.10 Å². The van der Waals surface area contributed by atoms with Crippen molar-refractivity contribution in [3.63, 3.8) is 0 Å². The van der Waals surface area contributed by atoms with Crippen LogP contribution in [0.1, 0.15) is 13.8 Å². The number of thioether (sulfide) groups is 1. The Bertz CT molecular complexity index is 820. The Morgan fingerprint density at radius 2 is 1.88 bits per heavy atom. The summed E-state index contributed by atoms with van der Waals surface area (Å²) >= 11 is 1.32. The summed E-state index contributed by atoms with van der Waals surface area (Å²) in [5.41, 5.74) is 1.81. The molecule has 0 aliphatic rings. The topological polar surface area (TPSA) is 74.8 Å². The van der Waals surface area contributed by atoms with Crippen LogP contribution >= 0.6 is 11.8 Å². The van der Waals surface area contributed by atoms with E-state index in [1.807, 2.05) is 56.3 Å². The molecular formula is C18H19N5OS. The minimum Gasteiger partial charge on any atom is -0.309 e. The molecule has 2 aromatic heterocycles. The molecule has 0 atom stereocenters. The molecule has 0 saturated heterocycles. The minimum absolute atomic E-state index is 0.0291. The van der Waals surface area contributed by atoms with Gasteiger partial charge in [-0.05, 0) is 38.1 Å². The molecule has 0 spiro atoms. The Labute approximate surface area is 150 Å². The van der Waals surface area contributed by atoms with Crippen molar-refractivity contribution in [2.75, 3.05) is 10.7 Å². The first-order chi connectivity index (χ1) is 12.1. The third-order valence-electron chi connectivity index (χ3n) is 3.56. The number of para-hydroxylation sites is 1. The Morgan fingerprint density at radius 1 is 1.16 bits per heavy atom. The van der Waals surface area contributed by atoms with Crippen molar-refractivity contribution in [1.82, 2.24) is 20.2 Å². The van der Waals surface area contributed by atoms with Crippen LogP contribution in [0.25, 0.3) is 11.4 Å². The van der Waals surface area contributed by atoms with Crippen LogP contribution in [0.2, 0.25) is 0 Å². The summed E-state index contributed by atoms with van der Waals surface area (Å²) in [6.45, 7) is 4.01. The van der Waals surface area contributed by atoms with Gasteiger partial charge < -0.3 is 4.90 Å². The number of nitrogens with zero attached hydrogens (tertiary/aromatic N) is 4. The number of hydrogen-bond acceptors (Lipinski definition) is 5. The van der Waals surface area contributed by atoms with Crippen LogP contribution in [0, 0.1) is 0 Å². The van der Waals surface area contributed by atoms with E-state index >= 15 is 0 Å². The van der Waals surface area contributed by atoms with Gasteiger partial charge in [-0.2, -0.15) is 0 Å². The molecule has 0 fully saturated rings. The number of benzene rings is 1. The molecule has 128 valence electrons. The molecule has 25 heavy (non-hydrogen) atoms. The van der Waals surface area contributed by atoms with E-state index in [2.05, 4.69) is 20.2 Å². The van der Waals surface area contributed by atoms with Crippen molar-refractivity contribution in [3.05, 3.63) is 54.9 Å². The van der Waals surface area contributed by atoms with Gasteiger partial charge in [0.2, 0.25) is 11.1 Å². The summed E-state index contributed by atoms with van der Waals surface area (Å²) in [6.07, 6.45) is 3.41. The number of aromatic nitrogens is 4. The standard InChI is InChI=1S/C18H19N5OS/c1-13(2)23(15-6-4-3-5-7-15)16(24)12-25-18-20-17(21-22-18)14-8-10-19-11-9-14/h3-11,13H,12H2,1-2H3,(H,20,21,22). The van der Waals surface area contributed by atoms with Gasteiger partial charge in [0, 0.05) is 29.7 Å². The van der Waals surface area contributed by atoms with Crippen LogP contribution in [-0.4, -0.2) is 37.9 Å². The molecule has 0 bridgehead atoms. The number of amides is 1. The highest BCUT2D eigenvalue weighted by Gasteiger charge is 2.19. The molecule has 3 aromatic rings. The highest BCUT2D eigenvalue weighted by Crippen LogP contribution is 2.22. The quantitative estimate of drug-likeness (QED) is 0.688. The molecule has 1 aromatic carbocycles. The van der Waals surface area contributed by atoms with E-state index in [9.17, 15) is 4.79 Å². The van der Waals surface area contributed by atoms with Gasteiger partial charge in [0.05, 0.1) is 5.75 Å². The number of hydrogen-bond donors (Lipinski definition) is 1. The fourth-order valence-electron chi connectivity index (χ4n) is 2.46. The number of nitrogens with one attached hydrogen (secondary N) is 1. The number of H-pyrrole nitrogens is 1. The average molecular weight is 353 g/mol. The highest BCUT2D eigenvalue weighted by atomic mass is 32.2. The van der Waals surface area contributed by atoms with Crippen molar-refractivity contribution in [2.45, 2.75) is 25.0 Å². The summed E-state index contributed by atoms with van der Waals surface area (Å²) in [6, 6.07) is 13.5. The van der Waals surface area contributed by atoms with Crippen molar-refractivity contribution >= 4 is 23.4 Å². The lowest BCUT2D eigenvalue weighted by Crippen LogP contribution is -2.38. The number of pyridine rings is 1. The molecule has 7 heteroatoms. The van der Waals surface area contributed by atoms with E-state index in [-0.39, 0.29) is 17.7 Å². The third-order valence-corrected chi connectivity index (χ3v) is 4.39. The van der Waals surface area contributed by atoms with Crippen LogP contribution in [0.15, 0.2) is 60.0 Å². The predicted octanol–water partition coefficient (Wildman–Crippen LogP) is 3.40. The summed E-state index contributed by atoms with van der Waals surface area (Å²) in [7, 11) is 0. The number of aromatic amines is 1. The Balaban J connectivity index is 1.66. The molecule has 0 aliphatic carbocycles. The maximum absolute atomic E-state index is 12.7. The van der Waals surface area contributed by atoms with Crippen molar-refractivity contribution in [3.8, 4) is 11.4 Å². The second-order valence-electron chi connectivity index (χ2n) is 5.68. The van der Waals surface area contributed by atoms with Gasteiger partial charge in [0.1, 0.15) is 0 Å². The third kappa shape index (κ3) is 4.24. The van der Waals surface area contributed by atoms with Crippen LogP contribution in [0.3, 0.4) is 0 Å². The second-order valence-corrected chi connectivity index (χ2v) is 6.63. The van der Waals surface area contributed by atoms with Gasteiger partial charge >= 0.3 is 0 Å². The van der Waals surface area contributed by atoms with E-state index in [0.29, 0.717) is 11.0 Å². The van der Waals surface area contributed by atoms with E-state index in [4.69, 9.17) is 0 Å². The molecule has 0 radical (unpaired) electrons. The zero-order valence-corrected chi connectivity index (χ0v) is 14.9. The van der Waals surface area contributed by atoms with Crippen molar-refractivity contribution < 1.29 is 4.79 Å². The van der Waals surface area contributed by atoms with Crippen LogP contribution < -0.4 is 4.90 Å². The van der Waals surface area contributed by atoms with Crippen molar-refractivity contribution in [2.24, 2.45) is 0 Å². The first kappa shape index (κ1) is 17.2. The fraction of sp³-hybridized carbons (Fsp3) is 0.222. The molecular weight excluding hydrogens is 334 g/mol. The van der Waals surface area contributed by atoms with Gasteiger partial charge in [-0.3, -0.25) is 14.9 Å². The lowest BCUT2D eigenvalue weighted by Gasteiger charge is -2.26. The van der Waals surface area contributed by atoms with Crippen molar-refractivity contribution in [1.29, 1.82) is 0 Å². The van der Waals surface area contributed by atoms with Gasteiger partial charge in [-0.25, -0.2) is 4.98 Å². The zero-order chi connectivity index (χ0) is 17.6. The molecule has 1 N–H and O–H groups in total. The molecule has 2 heterocycles. The fourth-order valence-corrected chi connectivity index (χ4v) is 3.12. The van der Waals surface area contributed by atoms with E-state index < -0.39 is 0 Å². The first-order valence-corrected chi connectivity index (χ1v) is 8.96. The van der Waals surface area contributed by atoms with E-state index in [1.165, 1.54) is 11.8 Å². The Hall–Kier alpha value is -2.67. The molecule has 0 saturated carbocycles. The van der Waals surface area contributed by atoms with Gasteiger partial charge in [0.15, 0.2) is 5.82 Å². The number of carbonyl (C=O) groups is 1. The molecule has 6 nitrogen and oxygen atoms in total. The normalized spacial score (nSPS) is 10.8. The summed E-state index contributed by atoms with van der Waals surface area (Å²) in [4.78, 5) is 22.9. The highest BCUT2D eigenvalue weighted by molar-refractivity contribution is 7.99. The largest absolute Gasteiger partial charge is 0.309 e. The number of rotatable bonds is 6. The summed E-state index contributed by atoms with van der Waals surface area (Å²) in [5, 5.41) is 7.62. The second kappa shape index (κ2) is 7.94. The SMILES string of the molecule is CC(C)N(C(=O)CSc1n[nH]c(-c2ccncc2)n1)c1ccccc1. The molecule has 3 rings (SSSR count). The van der Waals surface area contributed by atoms with E-state index in [0.717, 1.165) is 11.3 Å². The zero-order valence-electron chi connectivity index (χ0n) is 14.1. The number of carbonyl (C=O) groups excluding carboxylic acids is 1. The van der Waals surface area contributed by atoms with Gasteiger partial charge in [-0.1, -0.05) is 30.0 Å². The number of anilines is 1. The Morgan fingerprint density at radius 3 is 2.56 bits per heavy atom. The maximum atomic E-state index is 12.7. The van der Waals surface area contributed by atoms with Crippen LogP contribution in [-0.2, 0) is 4.79 Å². The molecule has 1 amide bonds. The van der Waals surface area contributed by atoms with Crippen LogP contribution in [0.4, 0.5) is 5.69 Å². The predicted molar refractivity (Wildman–Crippen MR) is 99.4 cm³/mol. The summed E-state index contributed by atoms with van der Waals surface area (Å²) < 4.78 is 0.